The van der Waals surface area contributed by atoms with Crippen molar-refractivity contribution in [2.75, 3.05) is 33.4 Å². The summed E-state index contributed by atoms with van der Waals surface area (Å²) in [5, 5.41) is 3.40. The summed E-state index contributed by atoms with van der Waals surface area (Å²) in [6.45, 7) is 10.6. The normalized spacial score (nSPS) is 21.7. The predicted octanol–water partition coefficient (Wildman–Crippen LogP) is 2.11. The first kappa shape index (κ1) is 12.9. The fourth-order valence-electron chi connectivity index (χ4n) is 3.61. The van der Waals surface area contributed by atoms with Crippen LogP contribution < -0.4 is 10.1 Å². The van der Waals surface area contributed by atoms with Crippen molar-refractivity contribution in [1.82, 2.24) is 5.32 Å². The first-order valence-electron chi connectivity index (χ1n) is 7.04. The van der Waals surface area contributed by atoms with Crippen molar-refractivity contribution in [2.45, 2.75) is 26.2 Å². The minimum Gasteiger partial charge on any atom is -0.496 e. The van der Waals surface area contributed by atoms with Crippen molar-refractivity contribution >= 4 is 0 Å². The molecule has 3 nitrogen and oxygen atoms in total. The average molecular weight is 261 g/mol. The Labute approximate surface area is 115 Å². The second-order valence-electron chi connectivity index (χ2n) is 6.02. The molecule has 0 aliphatic carbocycles. The predicted molar refractivity (Wildman–Crippen MR) is 76.1 cm³/mol. The Kier molecular flexibility index (Phi) is 3.06. The van der Waals surface area contributed by atoms with Crippen molar-refractivity contribution in [1.29, 1.82) is 0 Å². The SMILES string of the molecule is COc1cc(C)c(C2(C3CNC3)COC2)c(C)c1C. The van der Waals surface area contributed by atoms with Crippen LogP contribution in [0.5, 0.6) is 5.75 Å². The van der Waals surface area contributed by atoms with Gasteiger partial charge in [0, 0.05) is 18.5 Å². The van der Waals surface area contributed by atoms with E-state index in [-0.39, 0.29) is 5.41 Å². The highest BCUT2D eigenvalue weighted by Gasteiger charge is 2.50. The maximum atomic E-state index is 5.60. The van der Waals surface area contributed by atoms with Gasteiger partial charge in [0.2, 0.25) is 0 Å². The molecule has 1 aromatic carbocycles. The van der Waals surface area contributed by atoms with Crippen LogP contribution in [0.25, 0.3) is 0 Å². The molecule has 0 radical (unpaired) electrons. The van der Waals surface area contributed by atoms with Crippen LogP contribution in [0, 0.1) is 26.7 Å². The summed E-state index contributed by atoms with van der Waals surface area (Å²) in [6.07, 6.45) is 0. The van der Waals surface area contributed by atoms with E-state index < -0.39 is 0 Å². The van der Waals surface area contributed by atoms with Gasteiger partial charge in [-0.3, -0.25) is 0 Å². The lowest BCUT2D eigenvalue weighted by Gasteiger charge is -2.52. The molecule has 0 atom stereocenters. The van der Waals surface area contributed by atoms with Gasteiger partial charge in [-0.15, -0.1) is 0 Å². The van der Waals surface area contributed by atoms with Gasteiger partial charge >= 0.3 is 0 Å². The van der Waals surface area contributed by atoms with Crippen molar-refractivity contribution in [3.63, 3.8) is 0 Å². The Morgan fingerprint density at radius 2 is 1.89 bits per heavy atom. The molecule has 2 aliphatic rings. The van der Waals surface area contributed by atoms with Gasteiger partial charge in [-0.05, 0) is 55.0 Å². The fourth-order valence-corrected chi connectivity index (χ4v) is 3.61. The number of ether oxygens (including phenoxy) is 2. The molecule has 0 spiro atoms. The van der Waals surface area contributed by atoms with E-state index in [0.717, 1.165) is 32.1 Å². The number of methoxy groups -OCH3 is 1. The van der Waals surface area contributed by atoms with Crippen molar-refractivity contribution in [3.05, 3.63) is 28.3 Å². The number of aryl methyl sites for hydroxylation is 1. The van der Waals surface area contributed by atoms with E-state index in [1.165, 1.54) is 22.3 Å². The Balaban J connectivity index is 2.11. The highest BCUT2D eigenvalue weighted by molar-refractivity contribution is 5.52. The second-order valence-corrected chi connectivity index (χ2v) is 6.02. The molecular weight excluding hydrogens is 238 g/mol. The van der Waals surface area contributed by atoms with Gasteiger partial charge in [-0.25, -0.2) is 0 Å². The van der Waals surface area contributed by atoms with Crippen LogP contribution in [0.2, 0.25) is 0 Å². The summed E-state index contributed by atoms with van der Waals surface area (Å²) in [7, 11) is 1.75. The zero-order valence-electron chi connectivity index (χ0n) is 12.3. The molecule has 0 aromatic heterocycles. The molecule has 19 heavy (non-hydrogen) atoms. The molecule has 2 fully saturated rings. The first-order chi connectivity index (χ1) is 9.10. The molecule has 1 N–H and O–H groups in total. The number of nitrogens with one attached hydrogen (secondary N) is 1. The topological polar surface area (TPSA) is 30.5 Å². The minimum atomic E-state index is 0.233. The summed E-state index contributed by atoms with van der Waals surface area (Å²) in [6, 6.07) is 2.18. The van der Waals surface area contributed by atoms with Crippen molar-refractivity contribution < 1.29 is 9.47 Å². The highest BCUT2D eigenvalue weighted by Crippen LogP contribution is 2.46. The van der Waals surface area contributed by atoms with Crippen LogP contribution in [0.15, 0.2) is 6.07 Å². The molecule has 2 aliphatic heterocycles. The van der Waals surface area contributed by atoms with Gasteiger partial charge in [-0.1, -0.05) is 0 Å². The van der Waals surface area contributed by atoms with E-state index >= 15 is 0 Å². The summed E-state index contributed by atoms with van der Waals surface area (Å²) >= 11 is 0. The minimum absolute atomic E-state index is 0.233. The number of benzene rings is 1. The van der Waals surface area contributed by atoms with Gasteiger partial charge in [0.25, 0.3) is 0 Å². The second kappa shape index (κ2) is 4.50. The molecule has 104 valence electrons. The highest BCUT2D eigenvalue weighted by atomic mass is 16.5. The third kappa shape index (κ3) is 1.72. The molecule has 0 unspecified atom stereocenters. The molecule has 0 bridgehead atoms. The zero-order valence-corrected chi connectivity index (χ0v) is 12.3. The molecule has 0 saturated carbocycles. The monoisotopic (exact) mass is 261 g/mol. The van der Waals surface area contributed by atoms with Gasteiger partial charge in [0.1, 0.15) is 5.75 Å². The van der Waals surface area contributed by atoms with Crippen LogP contribution in [-0.4, -0.2) is 33.4 Å². The Morgan fingerprint density at radius 1 is 1.21 bits per heavy atom. The first-order valence-corrected chi connectivity index (χ1v) is 7.04. The molecule has 1 aromatic rings. The Morgan fingerprint density at radius 3 is 2.32 bits per heavy atom. The smallest absolute Gasteiger partial charge is 0.122 e. The lowest BCUT2D eigenvalue weighted by atomic mass is 9.63. The summed E-state index contributed by atoms with van der Waals surface area (Å²) in [5.74, 6) is 1.72. The maximum absolute atomic E-state index is 5.60. The average Bonchev–Trinajstić information content (AvgIpc) is 2.27. The molecule has 2 saturated heterocycles. The van der Waals surface area contributed by atoms with E-state index in [0.29, 0.717) is 5.92 Å². The standard InChI is InChI=1S/C16H23NO2/c1-10-5-14(18-4)11(2)12(3)15(10)16(8-19-9-16)13-6-17-7-13/h5,13,17H,6-9H2,1-4H3. The Bertz CT molecular complexity index is 502. The lowest BCUT2D eigenvalue weighted by molar-refractivity contribution is -0.102. The summed E-state index contributed by atoms with van der Waals surface area (Å²) in [4.78, 5) is 0. The fraction of sp³-hybridized carbons (Fsp3) is 0.625. The lowest BCUT2D eigenvalue weighted by Crippen LogP contribution is -2.63. The summed E-state index contributed by atoms with van der Waals surface area (Å²) in [5.41, 5.74) is 5.73. The van der Waals surface area contributed by atoms with Gasteiger partial charge < -0.3 is 14.8 Å². The molecule has 3 rings (SSSR count). The van der Waals surface area contributed by atoms with Crippen LogP contribution in [0.1, 0.15) is 22.3 Å². The molecule has 0 amide bonds. The van der Waals surface area contributed by atoms with Crippen LogP contribution >= 0.6 is 0 Å². The van der Waals surface area contributed by atoms with Crippen LogP contribution in [0.3, 0.4) is 0 Å². The third-order valence-electron chi connectivity index (χ3n) is 5.05. The van der Waals surface area contributed by atoms with Gasteiger partial charge in [-0.2, -0.15) is 0 Å². The maximum Gasteiger partial charge on any atom is 0.122 e. The molecule has 2 heterocycles. The summed E-state index contributed by atoms with van der Waals surface area (Å²) < 4.78 is 11.1. The molecule has 3 heteroatoms. The van der Waals surface area contributed by atoms with E-state index in [4.69, 9.17) is 9.47 Å². The number of hydrogen-bond donors (Lipinski definition) is 1. The number of rotatable bonds is 3. The third-order valence-corrected chi connectivity index (χ3v) is 5.05. The van der Waals surface area contributed by atoms with Gasteiger partial charge in [0.15, 0.2) is 0 Å². The van der Waals surface area contributed by atoms with E-state index in [1.54, 1.807) is 7.11 Å². The van der Waals surface area contributed by atoms with Crippen molar-refractivity contribution in [2.24, 2.45) is 5.92 Å². The molecular formula is C16H23NO2. The van der Waals surface area contributed by atoms with E-state index in [2.05, 4.69) is 32.2 Å². The van der Waals surface area contributed by atoms with Crippen LogP contribution in [-0.2, 0) is 10.2 Å². The van der Waals surface area contributed by atoms with Crippen molar-refractivity contribution in [3.8, 4) is 5.75 Å². The largest absolute Gasteiger partial charge is 0.496 e. The quantitative estimate of drug-likeness (QED) is 0.904. The van der Waals surface area contributed by atoms with Gasteiger partial charge in [0.05, 0.1) is 20.3 Å². The number of hydrogen-bond acceptors (Lipinski definition) is 3. The Hall–Kier alpha value is -1.06. The zero-order chi connectivity index (χ0) is 13.6. The van der Waals surface area contributed by atoms with E-state index in [1.807, 2.05) is 0 Å². The van der Waals surface area contributed by atoms with Crippen LogP contribution in [0.4, 0.5) is 0 Å². The van der Waals surface area contributed by atoms with E-state index in [9.17, 15) is 0 Å².